The van der Waals surface area contributed by atoms with Crippen LogP contribution in [0.15, 0.2) is 24.3 Å². The van der Waals surface area contributed by atoms with Crippen molar-refractivity contribution in [3.8, 4) is 0 Å². The fraction of sp³-hybridized carbons (Fsp3) is 0.750. The minimum Gasteiger partial charge on any atom is -0.371 e. The van der Waals surface area contributed by atoms with Crippen LogP contribution in [-0.4, -0.2) is 37.1 Å². The average Bonchev–Trinajstić information content (AvgIpc) is 2.74. The Morgan fingerprint density at radius 2 is 1.35 bits per heavy atom. The van der Waals surface area contributed by atoms with E-state index in [2.05, 4.69) is 34.1 Å². The van der Waals surface area contributed by atoms with E-state index in [-0.39, 0.29) is 0 Å². The van der Waals surface area contributed by atoms with Crippen LogP contribution in [0, 0.1) is 5.92 Å². The van der Waals surface area contributed by atoms with Crippen LogP contribution in [0.1, 0.15) is 76.2 Å². The molecule has 2 saturated heterocycles. The van der Waals surface area contributed by atoms with Crippen molar-refractivity contribution < 1.29 is 0 Å². The summed E-state index contributed by atoms with van der Waals surface area (Å²) < 4.78 is 0. The zero-order valence-electron chi connectivity index (χ0n) is 16.7. The monoisotopic (exact) mass is 354 g/mol. The molecule has 3 fully saturated rings. The fourth-order valence-corrected chi connectivity index (χ4v) is 5.49. The highest BCUT2D eigenvalue weighted by Crippen LogP contribution is 2.28. The Morgan fingerprint density at radius 1 is 0.692 bits per heavy atom. The highest BCUT2D eigenvalue weighted by atomic mass is 15.2. The van der Waals surface area contributed by atoms with E-state index in [1.807, 2.05) is 0 Å². The molecule has 1 aromatic rings. The second kappa shape index (κ2) is 9.26. The summed E-state index contributed by atoms with van der Waals surface area (Å²) in [5, 5.41) is 0. The SMILES string of the molecule is c1cc(N2CCC(N3CCCCC3)CC2)ccc1CCC1CCCCC1. The minimum atomic E-state index is 0.848. The Morgan fingerprint density at radius 3 is 2.04 bits per heavy atom. The standard InChI is InChI=1S/C24H38N2/c1-3-7-21(8-4-1)9-10-22-11-13-23(14-12-22)26-19-15-24(16-20-26)25-17-5-2-6-18-25/h11-14,21,24H,1-10,15-20H2. The maximum absolute atomic E-state index is 2.77. The molecule has 0 bridgehead atoms. The zero-order chi connectivity index (χ0) is 17.6. The van der Waals surface area contributed by atoms with E-state index in [9.17, 15) is 0 Å². The van der Waals surface area contributed by atoms with Crippen LogP contribution in [0.5, 0.6) is 0 Å². The number of piperidine rings is 2. The van der Waals surface area contributed by atoms with Crippen LogP contribution in [0.4, 0.5) is 5.69 Å². The summed E-state index contributed by atoms with van der Waals surface area (Å²) >= 11 is 0. The first-order valence-electron chi connectivity index (χ1n) is 11.5. The lowest BCUT2D eigenvalue weighted by atomic mass is 9.85. The van der Waals surface area contributed by atoms with E-state index >= 15 is 0 Å². The van der Waals surface area contributed by atoms with Crippen LogP contribution in [-0.2, 0) is 6.42 Å². The Hall–Kier alpha value is -1.02. The number of aryl methyl sites for hydroxylation is 1. The number of hydrogen-bond donors (Lipinski definition) is 0. The summed E-state index contributed by atoms with van der Waals surface area (Å²) in [5.74, 6) is 0.997. The molecule has 2 heteroatoms. The van der Waals surface area contributed by atoms with Gasteiger partial charge >= 0.3 is 0 Å². The van der Waals surface area contributed by atoms with E-state index in [0.29, 0.717) is 0 Å². The number of benzene rings is 1. The van der Waals surface area contributed by atoms with Crippen LogP contribution in [0.3, 0.4) is 0 Å². The summed E-state index contributed by atoms with van der Waals surface area (Å²) in [4.78, 5) is 5.39. The highest BCUT2D eigenvalue weighted by Gasteiger charge is 2.25. The lowest BCUT2D eigenvalue weighted by molar-refractivity contribution is 0.141. The molecule has 0 amide bonds. The van der Waals surface area contributed by atoms with Crippen molar-refractivity contribution in [3.63, 3.8) is 0 Å². The molecular weight excluding hydrogens is 316 g/mol. The lowest BCUT2D eigenvalue weighted by Gasteiger charge is -2.41. The van der Waals surface area contributed by atoms with Crippen molar-refractivity contribution >= 4 is 5.69 Å². The molecule has 0 radical (unpaired) electrons. The van der Waals surface area contributed by atoms with Gasteiger partial charge in [-0.05, 0) is 75.2 Å². The highest BCUT2D eigenvalue weighted by molar-refractivity contribution is 5.48. The third-order valence-corrected chi connectivity index (χ3v) is 7.24. The van der Waals surface area contributed by atoms with Crippen LogP contribution < -0.4 is 4.90 Å². The van der Waals surface area contributed by atoms with Gasteiger partial charge in [0.25, 0.3) is 0 Å². The van der Waals surface area contributed by atoms with E-state index in [4.69, 9.17) is 0 Å². The Bertz CT molecular complexity index is 518. The first-order chi connectivity index (χ1) is 12.9. The smallest absolute Gasteiger partial charge is 0.0366 e. The van der Waals surface area contributed by atoms with Gasteiger partial charge in [0.2, 0.25) is 0 Å². The van der Waals surface area contributed by atoms with E-state index in [0.717, 1.165) is 12.0 Å². The number of likely N-dealkylation sites (tertiary alicyclic amines) is 1. The van der Waals surface area contributed by atoms with Crippen molar-refractivity contribution in [3.05, 3.63) is 29.8 Å². The van der Waals surface area contributed by atoms with Crippen molar-refractivity contribution in [2.75, 3.05) is 31.1 Å². The number of nitrogens with zero attached hydrogens (tertiary/aromatic N) is 2. The molecular formula is C24H38N2. The molecule has 0 N–H and O–H groups in total. The lowest BCUT2D eigenvalue weighted by Crippen LogP contribution is -2.46. The summed E-state index contributed by atoms with van der Waals surface area (Å²) in [6.45, 7) is 5.17. The van der Waals surface area contributed by atoms with Gasteiger partial charge in [0.05, 0.1) is 0 Å². The van der Waals surface area contributed by atoms with E-state index < -0.39 is 0 Å². The molecule has 144 valence electrons. The average molecular weight is 355 g/mol. The van der Waals surface area contributed by atoms with Crippen molar-refractivity contribution in [2.45, 2.75) is 83.1 Å². The van der Waals surface area contributed by atoms with Gasteiger partial charge in [-0.2, -0.15) is 0 Å². The van der Waals surface area contributed by atoms with E-state index in [1.165, 1.54) is 109 Å². The minimum absolute atomic E-state index is 0.848. The second-order valence-electron chi connectivity index (χ2n) is 9.02. The molecule has 0 atom stereocenters. The van der Waals surface area contributed by atoms with Crippen LogP contribution >= 0.6 is 0 Å². The first-order valence-corrected chi connectivity index (χ1v) is 11.5. The molecule has 0 spiro atoms. The largest absolute Gasteiger partial charge is 0.371 e. The number of anilines is 1. The maximum atomic E-state index is 2.77. The van der Waals surface area contributed by atoms with Crippen molar-refractivity contribution in [2.24, 2.45) is 5.92 Å². The molecule has 26 heavy (non-hydrogen) atoms. The molecule has 2 heterocycles. The van der Waals surface area contributed by atoms with Crippen molar-refractivity contribution in [1.29, 1.82) is 0 Å². The van der Waals surface area contributed by atoms with Gasteiger partial charge in [0, 0.05) is 24.8 Å². The molecule has 4 rings (SSSR count). The van der Waals surface area contributed by atoms with Gasteiger partial charge in [-0.3, -0.25) is 0 Å². The van der Waals surface area contributed by atoms with Crippen LogP contribution in [0.2, 0.25) is 0 Å². The topological polar surface area (TPSA) is 6.48 Å². The molecule has 1 aliphatic carbocycles. The third kappa shape index (κ3) is 4.82. The van der Waals surface area contributed by atoms with Gasteiger partial charge in [-0.15, -0.1) is 0 Å². The quantitative estimate of drug-likeness (QED) is 0.674. The van der Waals surface area contributed by atoms with Gasteiger partial charge in [0.1, 0.15) is 0 Å². The Kier molecular flexibility index (Phi) is 6.53. The fourth-order valence-electron chi connectivity index (χ4n) is 5.49. The zero-order valence-corrected chi connectivity index (χ0v) is 16.7. The maximum Gasteiger partial charge on any atom is 0.0366 e. The molecule has 0 unspecified atom stereocenters. The second-order valence-corrected chi connectivity index (χ2v) is 9.02. The molecule has 0 aromatic heterocycles. The third-order valence-electron chi connectivity index (χ3n) is 7.24. The molecule has 3 aliphatic rings. The predicted octanol–water partition coefficient (Wildman–Crippen LogP) is 5.65. The summed E-state index contributed by atoms with van der Waals surface area (Å²) in [5.41, 5.74) is 2.99. The molecule has 2 aliphatic heterocycles. The number of hydrogen-bond acceptors (Lipinski definition) is 2. The molecule has 2 nitrogen and oxygen atoms in total. The summed E-state index contributed by atoms with van der Waals surface area (Å²) in [6, 6.07) is 10.4. The molecule has 1 saturated carbocycles. The van der Waals surface area contributed by atoms with Gasteiger partial charge in [-0.1, -0.05) is 50.7 Å². The van der Waals surface area contributed by atoms with Gasteiger partial charge in [-0.25, -0.2) is 0 Å². The normalized spacial score (nSPS) is 24.1. The van der Waals surface area contributed by atoms with Gasteiger partial charge in [0.15, 0.2) is 0 Å². The number of rotatable bonds is 5. The van der Waals surface area contributed by atoms with Crippen LogP contribution in [0.25, 0.3) is 0 Å². The van der Waals surface area contributed by atoms with Gasteiger partial charge < -0.3 is 9.80 Å². The molecule has 1 aromatic carbocycles. The Labute approximate surface area is 161 Å². The first kappa shape index (κ1) is 18.3. The van der Waals surface area contributed by atoms with Crippen molar-refractivity contribution in [1.82, 2.24) is 4.90 Å². The summed E-state index contributed by atoms with van der Waals surface area (Å²) in [7, 11) is 0. The Balaban J connectivity index is 1.23. The van der Waals surface area contributed by atoms with E-state index in [1.54, 1.807) is 5.56 Å². The predicted molar refractivity (Wildman–Crippen MR) is 112 cm³/mol. The summed E-state index contributed by atoms with van der Waals surface area (Å²) in [6.07, 6.45) is 17.0.